The lowest BCUT2D eigenvalue weighted by atomic mass is 9.97. The molecule has 0 radical (unpaired) electrons. The molecule has 1 aliphatic carbocycles. The van der Waals surface area contributed by atoms with Gasteiger partial charge in [-0.25, -0.2) is 0 Å². The largest absolute Gasteiger partial charge is 0.0913 e. The van der Waals surface area contributed by atoms with Crippen LogP contribution in [-0.4, -0.2) is 0 Å². The van der Waals surface area contributed by atoms with Crippen LogP contribution in [0.5, 0.6) is 0 Å². The minimum Gasteiger partial charge on any atom is -0.0913 e. The molecule has 2 rings (SSSR count). The van der Waals surface area contributed by atoms with E-state index in [4.69, 9.17) is 0 Å². The maximum absolute atomic E-state index is 2.20. The number of rotatable bonds is 3. The first kappa shape index (κ1) is 10.7. The lowest BCUT2D eigenvalue weighted by Gasteiger charge is -2.07. The zero-order chi connectivity index (χ0) is 11.2. The standard InChI is InChI=1S/C16H16/c1-2-3-13-16(15-11-7-8-12-15)14-9-5-4-6-10-14/h2-12H,13H2,1H3/b3-2+. The Bertz CT molecular complexity index is 442. The number of hydrogen-bond donors (Lipinski definition) is 0. The van der Waals surface area contributed by atoms with Crippen LogP contribution in [0, 0.1) is 0 Å². The molecule has 0 heterocycles. The molecule has 0 saturated heterocycles. The lowest BCUT2D eigenvalue weighted by Crippen LogP contribution is -1.86. The smallest absolute Gasteiger partial charge is 0.00857 e. The van der Waals surface area contributed by atoms with Gasteiger partial charge in [-0.1, -0.05) is 66.8 Å². The molecule has 16 heavy (non-hydrogen) atoms. The van der Waals surface area contributed by atoms with Crippen LogP contribution in [0.2, 0.25) is 0 Å². The molecule has 0 N–H and O–H groups in total. The summed E-state index contributed by atoms with van der Waals surface area (Å²) in [4.78, 5) is 0. The second kappa shape index (κ2) is 5.32. The van der Waals surface area contributed by atoms with Crippen LogP contribution in [0.4, 0.5) is 0 Å². The number of hydrogen-bond acceptors (Lipinski definition) is 0. The zero-order valence-electron chi connectivity index (χ0n) is 9.56. The summed E-state index contributed by atoms with van der Waals surface area (Å²) < 4.78 is 0. The summed E-state index contributed by atoms with van der Waals surface area (Å²) in [6.45, 7) is 2.06. The van der Waals surface area contributed by atoms with Gasteiger partial charge in [0.1, 0.15) is 0 Å². The SMILES string of the molecule is C/C=C/CC(=C1C=CC=C1)c1ccccc1. The Hall–Kier alpha value is -1.82. The summed E-state index contributed by atoms with van der Waals surface area (Å²) >= 11 is 0. The fraction of sp³-hybridized carbons (Fsp3) is 0.125. The van der Waals surface area contributed by atoms with Crippen LogP contribution < -0.4 is 0 Å². The van der Waals surface area contributed by atoms with Crippen molar-refractivity contribution in [2.24, 2.45) is 0 Å². The molecule has 0 aliphatic heterocycles. The van der Waals surface area contributed by atoms with E-state index in [0.29, 0.717) is 0 Å². The van der Waals surface area contributed by atoms with Crippen molar-refractivity contribution in [2.45, 2.75) is 13.3 Å². The molecule has 0 atom stereocenters. The van der Waals surface area contributed by atoms with E-state index >= 15 is 0 Å². The molecule has 1 aromatic rings. The van der Waals surface area contributed by atoms with E-state index in [2.05, 4.69) is 73.7 Å². The fourth-order valence-corrected chi connectivity index (χ4v) is 1.85. The Morgan fingerprint density at radius 1 is 1.06 bits per heavy atom. The van der Waals surface area contributed by atoms with Crippen molar-refractivity contribution in [3.8, 4) is 0 Å². The normalized spacial score (nSPS) is 13.9. The molecule has 1 aromatic carbocycles. The van der Waals surface area contributed by atoms with E-state index in [-0.39, 0.29) is 0 Å². The van der Waals surface area contributed by atoms with Gasteiger partial charge >= 0.3 is 0 Å². The zero-order valence-corrected chi connectivity index (χ0v) is 9.56. The van der Waals surface area contributed by atoms with Crippen molar-refractivity contribution in [3.05, 3.63) is 77.9 Å². The van der Waals surface area contributed by atoms with Gasteiger partial charge in [0, 0.05) is 0 Å². The predicted octanol–water partition coefficient (Wildman–Crippen LogP) is 4.53. The van der Waals surface area contributed by atoms with Crippen molar-refractivity contribution in [1.29, 1.82) is 0 Å². The molecule has 0 bridgehead atoms. The third-order valence-electron chi connectivity index (χ3n) is 2.69. The van der Waals surface area contributed by atoms with Crippen LogP contribution in [0.25, 0.3) is 5.57 Å². The summed E-state index contributed by atoms with van der Waals surface area (Å²) in [6.07, 6.45) is 13.8. The third kappa shape index (κ3) is 2.40. The summed E-state index contributed by atoms with van der Waals surface area (Å²) in [7, 11) is 0. The van der Waals surface area contributed by atoms with Crippen molar-refractivity contribution in [1.82, 2.24) is 0 Å². The van der Waals surface area contributed by atoms with Crippen LogP contribution in [0.1, 0.15) is 18.9 Å². The van der Waals surface area contributed by atoms with E-state index in [0.717, 1.165) is 6.42 Å². The second-order valence-electron chi connectivity index (χ2n) is 3.79. The molecule has 0 amide bonds. The Kier molecular flexibility index (Phi) is 3.55. The summed E-state index contributed by atoms with van der Waals surface area (Å²) in [5.41, 5.74) is 4.03. The summed E-state index contributed by atoms with van der Waals surface area (Å²) in [5.74, 6) is 0. The van der Waals surface area contributed by atoms with Gasteiger partial charge in [-0.3, -0.25) is 0 Å². The van der Waals surface area contributed by atoms with E-state index in [1.165, 1.54) is 16.7 Å². The first-order chi connectivity index (χ1) is 7.92. The molecule has 0 fully saturated rings. The average molecular weight is 208 g/mol. The minimum absolute atomic E-state index is 0.991. The highest BCUT2D eigenvalue weighted by Crippen LogP contribution is 2.26. The van der Waals surface area contributed by atoms with Gasteiger partial charge in [0.15, 0.2) is 0 Å². The van der Waals surface area contributed by atoms with Gasteiger partial charge < -0.3 is 0 Å². The van der Waals surface area contributed by atoms with Crippen molar-refractivity contribution >= 4 is 5.57 Å². The van der Waals surface area contributed by atoms with Gasteiger partial charge in [0.05, 0.1) is 0 Å². The third-order valence-corrected chi connectivity index (χ3v) is 2.69. The molecule has 0 heteroatoms. The van der Waals surface area contributed by atoms with Crippen molar-refractivity contribution in [3.63, 3.8) is 0 Å². The van der Waals surface area contributed by atoms with Crippen molar-refractivity contribution < 1.29 is 0 Å². The minimum atomic E-state index is 0.991. The maximum Gasteiger partial charge on any atom is -0.00857 e. The first-order valence-electron chi connectivity index (χ1n) is 5.66. The fourth-order valence-electron chi connectivity index (χ4n) is 1.85. The Morgan fingerprint density at radius 2 is 1.75 bits per heavy atom. The van der Waals surface area contributed by atoms with Gasteiger partial charge in [0.2, 0.25) is 0 Å². The highest BCUT2D eigenvalue weighted by Gasteiger charge is 2.05. The second-order valence-corrected chi connectivity index (χ2v) is 3.79. The van der Waals surface area contributed by atoms with E-state index in [9.17, 15) is 0 Å². The maximum atomic E-state index is 2.20. The molecule has 80 valence electrons. The highest BCUT2D eigenvalue weighted by atomic mass is 14.1. The quantitative estimate of drug-likeness (QED) is 0.640. The van der Waals surface area contributed by atoms with Gasteiger partial charge in [-0.15, -0.1) is 0 Å². The van der Waals surface area contributed by atoms with Crippen molar-refractivity contribution in [2.75, 3.05) is 0 Å². The van der Waals surface area contributed by atoms with Gasteiger partial charge in [-0.05, 0) is 30.1 Å². The average Bonchev–Trinajstić information content (AvgIpc) is 2.85. The highest BCUT2D eigenvalue weighted by molar-refractivity contribution is 5.75. The molecular weight excluding hydrogens is 192 g/mol. The molecule has 0 unspecified atom stereocenters. The Balaban J connectivity index is 2.40. The van der Waals surface area contributed by atoms with E-state index in [1.54, 1.807) is 0 Å². The first-order valence-corrected chi connectivity index (χ1v) is 5.66. The van der Waals surface area contributed by atoms with Crippen LogP contribution in [-0.2, 0) is 0 Å². The number of allylic oxidation sites excluding steroid dienone is 8. The Morgan fingerprint density at radius 3 is 2.38 bits per heavy atom. The predicted molar refractivity (Wildman–Crippen MR) is 71.1 cm³/mol. The topological polar surface area (TPSA) is 0 Å². The molecule has 0 aromatic heterocycles. The molecule has 1 aliphatic rings. The monoisotopic (exact) mass is 208 g/mol. The summed E-state index contributed by atoms with van der Waals surface area (Å²) in [5, 5.41) is 0. The molecular formula is C16H16. The van der Waals surface area contributed by atoms with Crippen LogP contribution >= 0.6 is 0 Å². The molecule has 0 spiro atoms. The van der Waals surface area contributed by atoms with E-state index < -0.39 is 0 Å². The molecule has 0 nitrogen and oxygen atoms in total. The van der Waals surface area contributed by atoms with Crippen LogP contribution in [0.3, 0.4) is 0 Å². The lowest BCUT2D eigenvalue weighted by molar-refractivity contribution is 1.36. The van der Waals surface area contributed by atoms with E-state index in [1.807, 2.05) is 0 Å². The van der Waals surface area contributed by atoms with Gasteiger partial charge in [-0.2, -0.15) is 0 Å². The molecule has 0 saturated carbocycles. The van der Waals surface area contributed by atoms with Crippen LogP contribution in [0.15, 0.2) is 72.4 Å². The number of benzene rings is 1. The Labute approximate surface area is 97.3 Å². The summed E-state index contributed by atoms with van der Waals surface area (Å²) in [6, 6.07) is 10.6. The van der Waals surface area contributed by atoms with Gasteiger partial charge in [0.25, 0.3) is 0 Å².